The minimum Gasteiger partial charge on any atom is -0.396 e. The van der Waals surface area contributed by atoms with E-state index >= 15 is 0 Å². The molecule has 0 fully saturated rings. The molecule has 1 aromatic rings. The van der Waals surface area contributed by atoms with E-state index in [0.29, 0.717) is 12.4 Å². The first-order valence-corrected chi connectivity index (χ1v) is 5.73. The van der Waals surface area contributed by atoms with E-state index in [1.807, 2.05) is 0 Å². The summed E-state index contributed by atoms with van der Waals surface area (Å²) < 4.78 is 0. The Morgan fingerprint density at radius 3 is 2.69 bits per heavy atom. The Bertz CT molecular complexity index is 326. The monoisotopic (exact) mass is 228 g/mol. The predicted molar refractivity (Wildman–Crippen MR) is 61.1 cm³/mol. The molecule has 0 spiro atoms. The van der Waals surface area contributed by atoms with Crippen molar-refractivity contribution in [3.63, 3.8) is 0 Å². The van der Waals surface area contributed by atoms with E-state index in [1.165, 1.54) is 0 Å². The van der Waals surface area contributed by atoms with Gasteiger partial charge in [0, 0.05) is 13.2 Å². The molecule has 1 rings (SSSR count). The zero-order chi connectivity index (χ0) is 11.8. The Morgan fingerprint density at radius 1 is 1.38 bits per heavy atom. The van der Waals surface area contributed by atoms with Gasteiger partial charge < -0.3 is 5.11 Å². The molecule has 1 aromatic heterocycles. The molecular formula is C10H20N4O2. The van der Waals surface area contributed by atoms with E-state index < -0.39 is 0 Å². The first-order valence-electron chi connectivity index (χ1n) is 5.73. The second-order valence-electron chi connectivity index (χ2n) is 3.83. The second kappa shape index (κ2) is 7.19. The lowest BCUT2D eigenvalue weighted by Gasteiger charge is -2.19. The molecule has 16 heavy (non-hydrogen) atoms. The number of hydrogen-bond donors (Lipinski definition) is 3. The average molecular weight is 228 g/mol. The molecule has 6 nitrogen and oxygen atoms in total. The Morgan fingerprint density at radius 2 is 2.12 bits per heavy atom. The third kappa shape index (κ3) is 4.59. The fraction of sp³-hybridized carbons (Fsp3) is 0.800. The number of nitrogens with zero attached hydrogens (tertiary/aromatic N) is 2. The number of unbranched alkanes of at least 4 members (excludes halogenated alkanes) is 1. The van der Waals surface area contributed by atoms with Crippen LogP contribution in [0.3, 0.4) is 0 Å². The van der Waals surface area contributed by atoms with Crippen molar-refractivity contribution in [1.82, 2.24) is 20.1 Å². The summed E-state index contributed by atoms with van der Waals surface area (Å²) in [4.78, 5) is 15.7. The van der Waals surface area contributed by atoms with Crippen LogP contribution in [0.1, 0.15) is 32.0 Å². The van der Waals surface area contributed by atoms with Gasteiger partial charge in [-0.3, -0.25) is 9.88 Å². The highest BCUT2D eigenvalue weighted by Crippen LogP contribution is 2.01. The van der Waals surface area contributed by atoms with Crippen molar-refractivity contribution in [2.45, 2.75) is 32.7 Å². The van der Waals surface area contributed by atoms with Crippen LogP contribution in [0.5, 0.6) is 0 Å². The molecule has 0 bridgehead atoms. The van der Waals surface area contributed by atoms with Crippen molar-refractivity contribution in [2.24, 2.45) is 0 Å². The van der Waals surface area contributed by atoms with Gasteiger partial charge in [-0.05, 0) is 19.4 Å². The van der Waals surface area contributed by atoms with E-state index in [0.717, 1.165) is 32.4 Å². The fourth-order valence-electron chi connectivity index (χ4n) is 1.54. The van der Waals surface area contributed by atoms with E-state index in [-0.39, 0.29) is 12.3 Å². The Balaban J connectivity index is 2.44. The number of rotatable bonds is 8. The summed E-state index contributed by atoms with van der Waals surface area (Å²) in [6.45, 7) is 4.75. The molecule has 0 atom stereocenters. The van der Waals surface area contributed by atoms with Crippen molar-refractivity contribution < 1.29 is 5.11 Å². The van der Waals surface area contributed by atoms with Crippen LogP contribution in [-0.4, -0.2) is 44.9 Å². The number of aliphatic hydroxyl groups excluding tert-OH is 1. The van der Waals surface area contributed by atoms with Crippen molar-refractivity contribution >= 4 is 0 Å². The van der Waals surface area contributed by atoms with E-state index in [9.17, 15) is 4.79 Å². The molecule has 0 saturated carbocycles. The zero-order valence-corrected chi connectivity index (χ0v) is 9.70. The van der Waals surface area contributed by atoms with Crippen LogP contribution in [0, 0.1) is 0 Å². The SMILES string of the molecule is CCCCN(CCCO)Cc1n[nH]c(=O)[nH]1. The predicted octanol–water partition coefficient (Wildman–Crippen LogP) is 0.0825. The average Bonchev–Trinajstić information content (AvgIpc) is 2.68. The quantitative estimate of drug-likeness (QED) is 0.588. The first kappa shape index (κ1) is 12.9. The largest absolute Gasteiger partial charge is 0.396 e. The van der Waals surface area contributed by atoms with Crippen LogP contribution < -0.4 is 5.69 Å². The molecule has 0 aliphatic heterocycles. The number of nitrogens with one attached hydrogen (secondary N) is 2. The number of hydrogen-bond acceptors (Lipinski definition) is 4. The van der Waals surface area contributed by atoms with Gasteiger partial charge in [0.25, 0.3) is 0 Å². The maximum Gasteiger partial charge on any atom is 0.340 e. The summed E-state index contributed by atoms with van der Waals surface area (Å²) in [5, 5.41) is 15.0. The smallest absolute Gasteiger partial charge is 0.340 e. The Hall–Kier alpha value is -1.14. The van der Waals surface area contributed by atoms with Crippen LogP contribution >= 0.6 is 0 Å². The highest BCUT2D eigenvalue weighted by atomic mass is 16.3. The summed E-state index contributed by atoms with van der Waals surface area (Å²) in [7, 11) is 0. The maximum atomic E-state index is 10.9. The summed E-state index contributed by atoms with van der Waals surface area (Å²) in [5.74, 6) is 0.652. The fourth-order valence-corrected chi connectivity index (χ4v) is 1.54. The van der Waals surface area contributed by atoms with Crippen molar-refractivity contribution in [3.8, 4) is 0 Å². The summed E-state index contributed by atoms with van der Waals surface area (Å²) in [6.07, 6.45) is 2.99. The Kier molecular flexibility index (Phi) is 5.81. The molecule has 6 heteroatoms. The lowest BCUT2D eigenvalue weighted by Crippen LogP contribution is -2.27. The van der Waals surface area contributed by atoms with Gasteiger partial charge in [-0.25, -0.2) is 9.89 Å². The van der Waals surface area contributed by atoms with Gasteiger partial charge in [-0.2, -0.15) is 5.10 Å². The topological polar surface area (TPSA) is 85.0 Å². The maximum absolute atomic E-state index is 10.9. The molecule has 0 aliphatic carbocycles. The van der Waals surface area contributed by atoms with Crippen molar-refractivity contribution in [1.29, 1.82) is 0 Å². The lowest BCUT2D eigenvalue weighted by molar-refractivity contribution is 0.213. The highest BCUT2D eigenvalue weighted by Gasteiger charge is 2.07. The molecule has 92 valence electrons. The van der Waals surface area contributed by atoms with Crippen LogP contribution in [-0.2, 0) is 6.54 Å². The minimum atomic E-state index is -0.271. The van der Waals surface area contributed by atoms with Crippen LogP contribution in [0.25, 0.3) is 0 Å². The third-order valence-corrected chi connectivity index (χ3v) is 2.38. The molecule has 3 N–H and O–H groups in total. The summed E-state index contributed by atoms with van der Waals surface area (Å²) in [5.41, 5.74) is -0.271. The van der Waals surface area contributed by atoms with Crippen LogP contribution in [0.2, 0.25) is 0 Å². The van der Waals surface area contributed by atoms with Crippen molar-refractivity contribution in [2.75, 3.05) is 19.7 Å². The van der Waals surface area contributed by atoms with Crippen LogP contribution in [0.4, 0.5) is 0 Å². The van der Waals surface area contributed by atoms with E-state index in [4.69, 9.17) is 5.11 Å². The van der Waals surface area contributed by atoms with Gasteiger partial charge in [-0.1, -0.05) is 13.3 Å². The standard InChI is InChI=1S/C10H20N4O2/c1-2-3-5-14(6-4-7-15)8-9-11-10(16)13-12-9/h15H,2-8H2,1H3,(H2,11,12,13,16). The minimum absolute atomic E-state index is 0.194. The van der Waals surface area contributed by atoms with Crippen LogP contribution in [0.15, 0.2) is 4.79 Å². The zero-order valence-electron chi connectivity index (χ0n) is 9.70. The normalized spacial score (nSPS) is 11.2. The first-order chi connectivity index (χ1) is 7.76. The van der Waals surface area contributed by atoms with Gasteiger partial charge in [0.15, 0.2) is 0 Å². The molecule has 0 unspecified atom stereocenters. The number of aliphatic hydroxyl groups is 1. The summed E-state index contributed by atoms with van der Waals surface area (Å²) in [6, 6.07) is 0. The molecule has 0 aromatic carbocycles. The van der Waals surface area contributed by atoms with Crippen molar-refractivity contribution in [3.05, 3.63) is 16.3 Å². The third-order valence-electron chi connectivity index (χ3n) is 2.38. The van der Waals surface area contributed by atoms with Gasteiger partial charge in [0.2, 0.25) is 0 Å². The molecule has 0 radical (unpaired) electrons. The molecular weight excluding hydrogens is 208 g/mol. The van der Waals surface area contributed by atoms with E-state index in [1.54, 1.807) is 0 Å². The number of aromatic nitrogens is 3. The number of aromatic amines is 2. The lowest BCUT2D eigenvalue weighted by atomic mass is 10.3. The highest BCUT2D eigenvalue weighted by molar-refractivity contribution is 4.80. The molecule has 0 amide bonds. The second-order valence-corrected chi connectivity index (χ2v) is 3.83. The number of H-pyrrole nitrogens is 2. The molecule has 1 heterocycles. The van der Waals surface area contributed by atoms with Gasteiger partial charge >= 0.3 is 5.69 Å². The van der Waals surface area contributed by atoms with Gasteiger partial charge in [-0.15, -0.1) is 0 Å². The van der Waals surface area contributed by atoms with Gasteiger partial charge in [0.1, 0.15) is 5.82 Å². The van der Waals surface area contributed by atoms with E-state index in [2.05, 4.69) is 27.0 Å². The van der Waals surface area contributed by atoms with Gasteiger partial charge in [0.05, 0.1) is 6.54 Å². The summed E-state index contributed by atoms with van der Waals surface area (Å²) >= 11 is 0. The molecule has 0 saturated heterocycles. The Labute approximate surface area is 94.7 Å². The molecule has 0 aliphatic rings.